The van der Waals surface area contributed by atoms with Gasteiger partial charge in [0.1, 0.15) is 5.82 Å². The van der Waals surface area contributed by atoms with Crippen LogP contribution in [0.1, 0.15) is 18.1 Å². The zero-order valence-corrected chi connectivity index (χ0v) is 15.4. The van der Waals surface area contributed by atoms with Gasteiger partial charge in [0.2, 0.25) is 11.8 Å². The van der Waals surface area contributed by atoms with Crippen molar-refractivity contribution in [1.82, 2.24) is 29.9 Å². The number of hydrogen-bond donors (Lipinski definition) is 0. The zero-order valence-electron chi connectivity index (χ0n) is 14.6. The predicted molar refractivity (Wildman–Crippen MR) is 98.2 cm³/mol. The average Bonchev–Trinajstić information content (AvgIpc) is 3.31. The van der Waals surface area contributed by atoms with E-state index in [0.29, 0.717) is 17.3 Å². The minimum atomic E-state index is -0.310. The summed E-state index contributed by atoms with van der Waals surface area (Å²) in [5, 5.41) is 17.3. The highest BCUT2D eigenvalue weighted by Gasteiger charge is 2.20. The SMILES string of the molecule is C[C@@H](Sc1nnc(-c2ccncc2)n1C)c1nnc(-c2ccc(F)cc2)o1. The van der Waals surface area contributed by atoms with E-state index in [4.69, 9.17) is 4.42 Å². The second-order valence-corrected chi connectivity index (χ2v) is 7.12. The van der Waals surface area contributed by atoms with Gasteiger partial charge in [0, 0.05) is 30.6 Å². The van der Waals surface area contributed by atoms with Gasteiger partial charge in [0.15, 0.2) is 11.0 Å². The number of benzene rings is 1. The molecule has 3 aromatic heterocycles. The maximum Gasteiger partial charge on any atom is 0.247 e. The summed E-state index contributed by atoms with van der Waals surface area (Å²) < 4.78 is 20.7. The molecule has 0 aliphatic rings. The standard InChI is InChI=1S/C18H15FN6OS/c1-11(16-22-23-17(26-16)13-3-5-14(19)6-4-13)27-18-24-21-15(25(18)2)12-7-9-20-10-8-12/h3-11H,1-2H3/t11-/m1/s1. The van der Waals surface area contributed by atoms with Gasteiger partial charge < -0.3 is 8.98 Å². The van der Waals surface area contributed by atoms with E-state index < -0.39 is 0 Å². The number of aromatic nitrogens is 6. The summed E-state index contributed by atoms with van der Waals surface area (Å²) in [5.74, 6) is 1.26. The van der Waals surface area contributed by atoms with Gasteiger partial charge >= 0.3 is 0 Å². The molecule has 0 fully saturated rings. The lowest BCUT2D eigenvalue weighted by Crippen LogP contribution is -1.97. The van der Waals surface area contributed by atoms with Gasteiger partial charge in [-0.15, -0.1) is 20.4 Å². The molecule has 0 radical (unpaired) electrons. The maximum atomic E-state index is 13.1. The second kappa shape index (κ2) is 7.28. The fourth-order valence-corrected chi connectivity index (χ4v) is 3.33. The number of rotatable bonds is 5. The van der Waals surface area contributed by atoms with E-state index in [-0.39, 0.29) is 11.1 Å². The van der Waals surface area contributed by atoms with Crippen molar-refractivity contribution in [3.05, 3.63) is 60.5 Å². The molecule has 9 heteroatoms. The van der Waals surface area contributed by atoms with E-state index in [1.54, 1.807) is 24.5 Å². The van der Waals surface area contributed by atoms with Crippen LogP contribution in [0.2, 0.25) is 0 Å². The molecule has 1 aromatic carbocycles. The van der Waals surface area contributed by atoms with Gasteiger partial charge in [0.05, 0.1) is 5.25 Å². The molecule has 4 aromatic rings. The van der Waals surface area contributed by atoms with Gasteiger partial charge in [-0.3, -0.25) is 4.98 Å². The lowest BCUT2D eigenvalue weighted by atomic mass is 10.2. The van der Waals surface area contributed by atoms with Crippen LogP contribution < -0.4 is 0 Å². The van der Waals surface area contributed by atoms with Crippen LogP contribution in [0.15, 0.2) is 58.4 Å². The Labute approximate surface area is 158 Å². The fourth-order valence-electron chi connectivity index (χ4n) is 2.49. The Morgan fingerprint density at radius 3 is 2.44 bits per heavy atom. The summed E-state index contributed by atoms with van der Waals surface area (Å²) in [4.78, 5) is 4.02. The highest BCUT2D eigenvalue weighted by atomic mass is 32.2. The molecule has 0 aliphatic carbocycles. The van der Waals surface area contributed by atoms with Crippen LogP contribution in [0.4, 0.5) is 4.39 Å². The maximum absolute atomic E-state index is 13.1. The number of thioether (sulfide) groups is 1. The summed E-state index contributed by atoms with van der Waals surface area (Å²) in [5.41, 5.74) is 1.61. The Hall–Kier alpha value is -3.07. The third kappa shape index (κ3) is 3.59. The highest BCUT2D eigenvalue weighted by molar-refractivity contribution is 7.99. The normalized spacial score (nSPS) is 12.3. The van der Waals surface area contributed by atoms with Crippen molar-refractivity contribution in [1.29, 1.82) is 0 Å². The number of halogens is 1. The molecule has 136 valence electrons. The van der Waals surface area contributed by atoms with Crippen molar-refractivity contribution in [3.63, 3.8) is 0 Å². The van der Waals surface area contributed by atoms with Crippen LogP contribution in [0, 0.1) is 5.82 Å². The Morgan fingerprint density at radius 2 is 1.70 bits per heavy atom. The number of pyridine rings is 1. The summed E-state index contributed by atoms with van der Waals surface area (Å²) in [6.45, 7) is 1.95. The predicted octanol–water partition coefficient (Wildman–Crippen LogP) is 3.92. The summed E-state index contributed by atoms with van der Waals surface area (Å²) in [6, 6.07) is 9.70. The van der Waals surface area contributed by atoms with Crippen molar-refractivity contribution in [3.8, 4) is 22.8 Å². The Bertz CT molecular complexity index is 1050. The van der Waals surface area contributed by atoms with Crippen LogP contribution in [0.25, 0.3) is 22.8 Å². The second-order valence-electron chi connectivity index (χ2n) is 5.81. The lowest BCUT2D eigenvalue weighted by molar-refractivity contribution is 0.508. The number of nitrogens with zero attached hydrogens (tertiary/aromatic N) is 6. The first-order valence-corrected chi connectivity index (χ1v) is 9.05. The van der Waals surface area contributed by atoms with Gasteiger partial charge in [-0.25, -0.2) is 4.39 Å². The molecule has 0 spiro atoms. The fraction of sp³-hybridized carbons (Fsp3) is 0.167. The van der Waals surface area contributed by atoms with E-state index in [1.165, 1.54) is 23.9 Å². The van der Waals surface area contributed by atoms with Gasteiger partial charge in [-0.2, -0.15) is 0 Å². The first-order chi connectivity index (χ1) is 13.1. The van der Waals surface area contributed by atoms with Crippen molar-refractivity contribution in [2.24, 2.45) is 7.05 Å². The average molecular weight is 382 g/mol. The molecule has 4 rings (SSSR count). The molecule has 0 unspecified atom stereocenters. The molecule has 0 aliphatic heterocycles. The third-order valence-electron chi connectivity index (χ3n) is 3.94. The van der Waals surface area contributed by atoms with Crippen LogP contribution >= 0.6 is 11.8 Å². The van der Waals surface area contributed by atoms with Crippen LogP contribution in [0.5, 0.6) is 0 Å². The van der Waals surface area contributed by atoms with E-state index in [1.807, 2.05) is 30.7 Å². The molecule has 3 heterocycles. The molecule has 0 bridgehead atoms. The van der Waals surface area contributed by atoms with Crippen molar-refractivity contribution < 1.29 is 8.81 Å². The van der Waals surface area contributed by atoms with Crippen molar-refractivity contribution >= 4 is 11.8 Å². The van der Waals surface area contributed by atoms with Gasteiger partial charge in [-0.1, -0.05) is 11.8 Å². The molecule has 0 saturated carbocycles. The van der Waals surface area contributed by atoms with Crippen LogP contribution in [-0.2, 0) is 7.05 Å². The quantitative estimate of drug-likeness (QED) is 0.484. The first-order valence-electron chi connectivity index (χ1n) is 8.17. The first kappa shape index (κ1) is 17.3. The molecule has 7 nitrogen and oxygen atoms in total. The van der Waals surface area contributed by atoms with Crippen molar-refractivity contribution in [2.75, 3.05) is 0 Å². The summed E-state index contributed by atoms with van der Waals surface area (Å²) >= 11 is 1.47. The van der Waals surface area contributed by atoms with E-state index in [0.717, 1.165) is 16.5 Å². The monoisotopic (exact) mass is 382 g/mol. The minimum Gasteiger partial charge on any atom is -0.419 e. The molecular weight excluding hydrogens is 367 g/mol. The van der Waals surface area contributed by atoms with E-state index >= 15 is 0 Å². The topological polar surface area (TPSA) is 82.5 Å². The Morgan fingerprint density at radius 1 is 0.963 bits per heavy atom. The molecule has 0 N–H and O–H groups in total. The van der Waals surface area contributed by atoms with Crippen LogP contribution in [0.3, 0.4) is 0 Å². The summed E-state index contributed by atoms with van der Waals surface area (Å²) in [7, 11) is 1.91. The molecular formula is C18H15FN6OS. The van der Waals surface area contributed by atoms with Crippen LogP contribution in [-0.4, -0.2) is 29.9 Å². The molecule has 0 saturated heterocycles. The van der Waals surface area contributed by atoms with Gasteiger partial charge in [-0.05, 0) is 43.3 Å². The highest BCUT2D eigenvalue weighted by Crippen LogP contribution is 2.35. The smallest absolute Gasteiger partial charge is 0.247 e. The largest absolute Gasteiger partial charge is 0.419 e. The minimum absolute atomic E-state index is 0.125. The van der Waals surface area contributed by atoms with Gasteiger partial charge in [0.25, 0.3) is 0 Å². The Balaban J connectivity index is 1.52. The zero-order chi connectivity index (χ0) is 18.8. The molecule has 27 heavy (non-hydrogen) atoms. The van der Waals surface area contributed by atoms with Crippen molar-refractivity contribution in [2.45, 2.75) is 17.3 Å². The summed E-state index contributed by atoms with van der Waals surface area (Å²) in [6.07, 6.45) is 3.43. The van der Waals surface area contributed by atoms with E-state index in [9.17, 15) is 4.39 Å². The number of hydrogen-bond acceptors (Lipinski definition) is 7. The van der Waals surface area contributed by atoms with E-state index in [2.05, 4.69) is 25.4 Å². The molecule has 1 atom stereocenters. The third-order valence-corrected chi connectivity index (χ3v) is 5.06. The lowest BCUT2D eigenvalue weighted by Gasteiger charge is -2.07. The molecule has 0 amide bonds. The Kier molecular flexibility index (Phi) is 4.68.